The fraction of sp³-hybridized carbons (Fsp3) is 0.235. The quantitative estimate of drug-likeness (QED) is 0.493. The molecule has 22 heavy (non-hydrogen) atoms. The van der Waals surface area contributed by atoms with Crippen molar-refractivity contribution in [3.63, 3.8) is 0 Å². The predicted molar refractivity (Wildman–Crippen MR) is 105 cm³/mol. The fourth-order valence-corrected chi connectivity index (χ4v) is 20.0. The summed E-state index contributed by atoms with van der Waals surface area (Å²) in [5.41, 5.74) is 0. The van der Waals surface area contributed by atoms with Crippen molar-refractivity contribution in [1.29, 1.82) is 0 Å². The topological polar surface area (TPSA) is 9.23 Å². The molecule has 116 valence electrons. The van der Waals surface area contributed by atoms with Gasteiger partial charge in [0.2, 0.25) is 0 Å². The van der Waals surface area contributed by atoms with Gasteiger partial charge in [-0.25, -0.2) is 0 Å². The fourth-order valence-electron chi connectivity index (χ4n) is 1.97. The molecular weight excluding hydrogens is 438 g/mol. The summed E-state index contributed by atoms with van der Waals surface area (Å²) in [5, 5.41) is 0. The molecule has 0 saturated carbocycles. The van der Waals surface area contributed by atoms with Crippen molar-refractivity contribution >= 4 is 57.5 Å². The van der Waals surface area contributed by atoms with E-state index in [1.54, 1.807) is 8.95 Å². The Balaban J connectivity index is 2.29. The van der Waals surface area contributed by atoms with Gasteiger partial charge in [-0.1, -0.05) is 0 Å². The number of benzene rings is 2. The van der Waals surface area contributed by atoms with Crippen molar-refractivity contribution in [2.24, 2.45) is 5.92 Å². The van der Waals surface area contributed by atoms with Crippen molar-refractivity contribution in [2.75, 3.05) is 6.61 Å². The molecule has 0 bridgehead atoms. The standard InChI is InChI=1S/2C6H5.C5H10OS2.ClH.Sn/c2*1-2-4-6-5-3-1;1-4(2)3-6-5(7)8;;/h2*1-5H;4H,3H2,1-2H3,(H,7,8);1H;/q;;;;+2/p-2. The third-order valence-electron chi connectivity index (χ3n) is 3.05. The van der Waals surface area contributed by atoms with E-state index in [9.17, 15) is 0 Å². The molecule has 0 unspecified atom stereocenters. The molecule has 0 radical (unpaired) electrons. The Morgan fingerprint density at radius 3 is 1.91 bits per heavy atom. The van der Waals surface area contributed by atoms with E-state index in [0.29, 0.717) is 16.9 Å². The summed E-state index contributed by atoms with van der Waals surface area (Å²) in [6.45, 7) is 4.85. The average molecular weight is 458 g/mol. The maximum absolute atomic E-state index is 7.21. The Morgan fingerprint density at radius 1 is 1.05 bits per heavy atom. The van der Waals surface area contributed by atoms with Crippen LogP contribution in [0, 0.1) is 5.92 Å². The first-order valence-corrected chi connectivity index (χ1v) is 18.4. The molecular formula is C17H19ClOS2Sn. The summed E-state index contributed by atoms with van der Waals surface area (Å²) in [6, 6.07) is 20.6. The Kier molecular flexibility index (Phi) is 7.06. The second-order valence-corrected chi connectivity index (χ2v) is 24.4. The Hall–Kier alpha value is -0.231. The first kappa shape index (κ1) is 18.1. The van der Waals surface area contributed by atoms with Gasteiger partial charge in [-0.3, -0.25) is 0 Å². The van der Waals surface area contributed by atoms with Gasteiger partial charge in [0.05, 0.1) is 0 Å². The van der Waals surface area contributed by atoms with Crippen molar-refractivity contribution in [3.8, 4) is 0 Å². The van der Waals surface area contributed by atoms with Crippen molar-refractivity contribution in [3.05, 3.63) is 60.7 Å². The molecule has 0 atom stereocenters. The van der Waals surface area contributed by atoms with Crippen molar-refractivity contribution < 1.29 is 4.74 Å². The van der Waals surface area contributed by atoms with Crippen LogP contribution in [0.1, 0.15) is 13.8 Å². The molecule has 0 aliphatic heterocycles. The van der Waals surface area contributed by atoms with Crippen LogP contribution in [0.4, 0.5) is 0 Å². The molecule has 0 fully saturated rings. The minimum atomic E-state index is -3.40. The molecule has 0 N–H and O–H groups in total. The van der Waals surface area contributed by atoms with Gasteiger partial charge < -0.3 is 0 Å². The van der Waals surface area contributed by atoms with E-state index in [1.807, 2.05) is 36.4 Å². The predicted octanol–water partition coefficient (Wildman–Crippen LogP) is 4.17. The molecule has 1 nitrogen and oxygen atoms in total. The Bertz CT molecular complexity index is 565. The van der Waals surface area contributed by atoms with Crippen LogP contribution < -0.4 is 7.16 Å². The number of halogens is 1. The molecule has 0 aromatic heterocycles. The Labute approximate surface area is 148 Å². The number of thiocarbonyl (C=S) groups is 1. The first-order chi connectivity index (χ1) is 10.5. The molecule has 0 aliphatic rings. The van der Waals surface area contributed by atoms with Gasteiger partial charge in [-0.15, -0.1) is 0 Å². The molecule has 0 saturated heterocycles. The number of rotatable bonds is 5. The van der Waals surface area contributed by atoms with Gasteiger partial charge in [-0.05, 0) is 0 Å². The first-order valence-electron chi connectivity index (χ1n) is 7.18. The summed E-state index contributed by atoms with van der Waals surface area (Å²) >= 11 is 2.03. The molecule has 2 aromatic rings. The van der Waals surface area contributed by atoms with Gasteiger partial charge in [0.1, 0.15) is 0 Å². The van der Waals surface area contributed by atoms with Gasteiger partial charge in [0.25, 0.3) is 0 Å². The zero-order valence-electron chi connectivity index (χ0n) is 12.7. The normalized spacial score (nSPS) is 11.5. The van der Waals surface area contributed by atoms with E-state index in [-0.39, 0.29) is 0 Å². The second kappa shape index (κ2) is 8.57. The van der Waals surface area contributed by atoms with E-state index in [2.05, 4.69) is 38.1 Å². The summed E-state index contributed by atoms with van der Waals surface area (Å²) in [6.07, 6.45) is 0. The number of hydrogen-bond donors (Lipinski definition) is 0. The summed E-state index contributed by atoms with van der Waals surface area (Å²) in [7, 11) is 8.79. The summed E-state index contributed by atoms with van der Waals surface area (Å²) in [4.78, 5) is 0. The van der Waals surface area contributed by atoms with Crippen LogP contribution in [0.2, 0.25) is 0 Å². The van der Waals surface area contributed by atoms with Crippen molar-refractivity contribution in [1.82, 2.24) is 0 Å². The van der Waals surface area contributed by atoms with Crippen LogP contribution >= 0.6 is 30.1 Å². The van der Waals surface area contributed by atoms with E-state index in [4.69, 9.17) is 25.9 Å². The number of hydrogen-bond acceptors (Lipinski definition) is 3. The van der Waals surface area contributed by atoms with E-state index in [0.717, 1.165) is 0 Å². The molecule has 0 amide bonds. The Morgan fingerprint density at radius 2 is 1.50 bits per heavy atom. The zero-order valence-corrected chi connectivity index (χ0v) is 17.9. The molecule has 0 aliphatic carbocycles. The molecule has 0 heterocycles. The van der Waals surface area contributed by atoms with E-state index >= 15 is 0 Å². The molecule has 2 rings (SSSR count). The molecule has 5 heteroatoms. The summed E-state index contributed by atoms with van der Waals surface area (Å²) in [5.74, 6) is 0.451. The molecule has 2 aromatic carbocycles. The minimum absolute atomic E-state index is 0.451. The van der Waals surface area contributed by atoms with Crippen LogP contribution in [-0.2, 0) is 4.74 Å². The van der Waals surface area contributed by atoms with Crippen LogP contribution in [0.3, 0.4) is 0 Å². The average Bonchev–Trinajstić information content (AvgIpc) is 2.54. The van der Waals surface area contributed by atoms with Crippen LogP contribution in [-0.4, -0.2) is 26.9 Å². The maximum atomic E-state index is 7.21. The van der Waals surface area contributed by atoms with Crippen LogP contribution in [0.15, 0.2) is 60.7 Å². The van der Waals surface area contributed by atoms with Crippen molar-refractivity contribution in [2.45, 2.75) is 13.8 Å². The van der Waals surface area contributed by atoms with Gasteiger partial charge in [0.15, 0.2) is 0 Å². The monoisotopic (exact) mass is 458 g/mol. The zero-order chi connectivity index (χ0) is 16.0. The van der Waals surface area contributed by atoms with E-state index < -0.39 is 15.9 Å². The number of ether oxygens (including phenoxy) is 1. The molecule has 0 spiro atoms. The van der Waals surface area contributed by atoms with Gasteiger partial charge >= 0.3 is 149 Å². The third-order valence-corrected chi connectivity index (χ3v) is 23.0. The van der Waals surface area contributed by atoms with Gasteiger partial charge in [0, 0.05) is 0 Å². The van der Waals surface area contributed by atoms with E-state index in [1.165, 1.54) is 7.16 Å². The third kappa shape index (κ3) is 4.88. The van der Waals surface area contributed by atoms with Gasteiger partial charge in [-0.2, -0.15) is 0 Å². The van der Waals surface area contributed by atoms with Crippen LogP contribution in [0.25, 0.3) is 0 Å². The second-order valence-electron chi connectivity index (χ2n) is 5.38. The SMILES string of the molecule is CC(C)COC(=S)[S][Sn]([Cl])([c]1ccccc1)[c]1ccccc1. The van der Waals surface area contributed by atoms with Crippen LogP contribution in [0.5, 0.6) is 0 Å². The summed E-state index contributed by atoms with van der Waals surface area (Å²) < 4.78 is 8.67.